The van der Waals surface area contributed by atoms with Crippen LogP contribution in [0.1, 0.15) is 12.5 Å². The first-order valence-corrected chi connectivity index (χ1v) is 4.72. The van der Waals surface area contributed by atoms with Gasteiger partial charge in [-0.3, -0.25) is 4.79 Å². The van der Waals surface area contributed by atoms with E-state index < -0.39 is 0 Å². The number of carbonyl (C=O) groups excluding carboxylic acids is 1. The van der Waals surface area contributed by atoms with Gasteiger partial charge in [0, 0.05) is 12.6 Å². The molecule has 1 aromatic carbocycles. The van der Waals surface area contributed by atoms with Gasteiger partial charge in [0.2, 0.25) is 5.91 Å². The van der Waals surface area contributed by atoms with Gasteiger partial charge in [-0.1, -0.05) is 12.1 Å². The van der Waals surface area contributed by atoms with Crippen molar-refractivity contribution in [3.63, 3.8) is 0 Å². The molecule has 0 heterocycles. The van der Waals surface area contributed by atoms with E-state index in [1.165, 1.54) is 0 Å². The average molecular weight is 205 g/mol. The number of methoxy groups -OCH3 is 1. The van der Waals surface area contributed by atoms with E-state index in [4.69, 9.17) is 4.74 Å². The van der Waals surface area contributed by atoms with E-state index in [2.05, 4.69) is 5.32 Å². The van der Waals surface area contributed by atoms with Crippen molar-refractivity contribution in [3.05, 3.63) is 35.4 Å². The molecule has 80 valence electrons. The molecule has 0 aromatic heterocycles. The molecule has 0 fully saturated rings. The molecule has 0 spiro atoms. The number of likely N-dealkylation sites (N-methyl/N-ethyl adjacent to an activating group) is 1. The molecule has 0 bridgehead atoms. The number of nitrogens with one attached hydrogen (secondary N) is 1. The standard InChI is InChI=1S/C12H15NO2/c1-9(12(14)13-2)8-10-4-6-11(15-3)7-5-10/h4-8H,1-3H3,(H,13,14)/b9-8+. The van der Waals surface area contributed by atoms with Gasteiger partial charge in [-0.05, 0) is 30.7 Å². The van der Waals surface area contributed by atoms with Crippen molar-refractivity contribution in [2.24, 2.45) is 0 Å². The quantitative estimate of drug-likeness (QED) is 0.765. The maximum absolute atomic E-state index is 11.2. The third-order valence-electron chi connectivity index (χ3n) is 2.08. The monoisotopic (exact) mass is 205 g/mol. The van der Waals surface area contributed by atoms with Gasteiger partial charge in [0.05, 0.1) is 7.11 Å². The van der Waals surface area contributed by atoms with E-state index in [1.54, 1.807) is 21.1 Å². The molecule has 3 nitrogen and oxygen atoms in total. The first kappa shape index (κ1) is 11.3. The van der Waals surface area contributed by atoms with Crippen LogP contribution in [-0.2, 0) is 4.79 Å². The van der Waals surface area contributed by atoms with Crippen LogP contribution in [0.4, 0.5) is 0 Å². The fourth-order valence-electron chi connectivity index (χ4n) is 1.21. The van der Waals surface area contributed by atoms with Crippen molar-refractivity contribution in [3.8, 4) is 5.75 Å². The third-order valence-corrected chi connectivity index (χ3v) is 2.08. The summed E-state index contributed by atoms with van der Waals surface area (Å²) in [4.78, 5) is 11.2. The Bertz CT molecular complexity index is 366. The Labute approximate surface area is 89.8 Å². The molecule has 0 saturated heterocycles. The predicted octanol–water partition coefficient (Wildman–Crippen LogP) is 1.84. The molecule has 0 aliphatic heterocycles. The highest BCUT2D eigenvalue weighted by Crippen LogP contribution is 2.13. The average Bonchev–Trinajstić information content (AvgIpc) is 2.29. The van der Waals surface area contributed by atoms with Crippen molar-refractivity contribution in [1.29, 1.82) is 0 Å². The van der Waals surface area contributed by atoms with Gasteiger partial charge < -0.3 is 10.1 Å². The summed E-state index contributed by atoms with van der Waals surface area (Å²) in [5.41, 5.74) is 1.67. The van der Waals surface area contributed by atoms with Gasteiger partial charge >= 0.3 is 0 Å². The van der Waals surface area contributed by atoms with Crippen LogP contribution in [0.15, 0.2) is 29.8 Å². The zero-order valence-electron chi connectivity index (χ0n) is 9.20. The van der Waals surface area contributed by atoms with Crippen LogP contribution in [0.25, 0.3) is 6.08 Å². The molecule has 0 atom stereocenters. The zero-order valence-corrected chi connectivity index (χ0v) is 9.20. The van der Waals surface area contributed by atoms with Crippen LogP contribution >= 0.6 is 0 Å². The zero-order chi connectivity index (χ0) is 11.3. The van der Waals surface area contributed by atoms with E-state index in [-0.39, 0.29) is 5.91 Å². The normalized spacial score (nSPS) is 11.0. The highest BCUT2D eigenvalue weighted by Gasteiger charge is 2.00. The molecule has 0 saturated carbocycles. The van der Waals surface area contributed by atoms with Crippen LogP contribution in [0, 0.1) is 0 Å². The van der Waals surface area contributed by atoms with Crippen molar-refractivity contribution in [2.45, 2.75) is 6.92 Å². The summed E-state index contributed by atoms with van der Waals surface area (Å²) >= 11 is 0. The van der Waals surface area contributed by atoms with Crippen LogP contribution in [-0.4, -0.2) is 20.1 Å². The Kier molecular flexibility index (Phi) is 3.92. The Morgan fingerprint density at radius 1 is 1.33 bits per heavy atom. The van der Waals surface area contributed by atoms with Crippen LogP contribution in [0.5, 0.6) is 5.75 Å². The summed E-state index contributed by atoms with van der Waals surface area (Å²) in [6.07, 6.45) is 1.83. The molecule has 0 unspecified atom stereocenters. The molecule has 0 radical (unpaired) electrons. The summed E-state index contributed by atoms with van der Waals surface area (Å²) in [5.74, 6) is 0.746. The number of carbonyl (C=O) groups is 1. The van der Waals surface area contributed by atoms with Crippen LogP contribution < -0.4 is 10.1 Å². The van der Waals surface area contributed by atoms with Gasteiger partial charge in [0.1, 0.15) is 5.75 Å². The van der Waals surface area contributed by atoms with E-state index in [1.807, 2.05) is 30.3 Å². The molecule has 0 aliphatic carbocycles. The molecule has 1 amide bonds. The highest BCUT2D eigenvalue weighted by atomic mass is 16.5. The summed E-state index contributed by atoms with van der Waals surface area (Å²) in [6, 6.07) is 7.54. The van der Waals surface area contributed by atoms with Crippen molar-refractivity contribution >= 4 is 12.0 Å². The van der Waals surface area contributed by atoms with E-state index >= 15 is 0 Å². The lowest BCUT2D eigenvalue weighted by molar-refractivity contribution is -0.116. The number of amides is 1. The van der Waals surface area contributed by atoms with E-state index in [0.717, 1.165) is 11.3 Å². The number of ether oxygens (including phenoxy) is 1. The van der Waals surface area contributed by atoms with Gasteiger partial charge in [-0.15, -0.1) is 0 Å². The minimum absolute atomic E-state index is 0.0641. The number of rotatable bonds is 3. The Balaban J connectivity index is 2.84. The third kappa shape index (κ3) is 3.13. The molecule has 0 aliphatic rings. The predicted molar refractivity (Wildman–Crippen MR) is 60.7 cm³/mol. The van der Waals surface area contributed by atoms with E-state index in [0.29, 0.717) is 5.57 Å². The van der Waals surface area contributed by atoms with Crippen molar-refractivity contribution in [2.75, 3.05) is 14.2 Å². The van der Waals surface area contributed by atoms with Crippen LogP contribution in [0.2, 0.25) is 0 Å². The Morgan fingerprint density at radius 2 is 1.93 bits per heavy atom. The summed E-state index contributed by atoms with van der Waals surface area (Å²) < 4.78 is 5.04. The van der Waals surface area contributed by atoms with Crippen molar-refractivity contribution < 1.29 is 9.53 Å². The topological polar surface area (TPSA) is 38.3 Å². The maximum Gasteiger partial charge on any atom is 0.246 e. The van der Waals surface area contributed by atoms with Gasteiger partial charge in [-0.2, -0.15) is 0 Å². The van der Waals surface area contributed by atoms with Gasteiger partial charge in [0.15, 0.2) is 0 Å². The second kappa shape index (κ2) is 5.20. The largest absolute Gasteiger partial charge is 0.497 e. The lowest BCUT2D eigenvalue weighted by atomic mass is 10.1. The first-order valence-electron chi connectivity index (χ1n) is 4.72. The molecule has 1 rings (SSSR count). The second-order valence-corrected chi connectivity index (χ2v) is 3.18. The fraction of sp³-hybridized carbons (Fsp3) is 0.250. The SMILES string of the molecule is CNC(=O)/C(C)=C/c1ccc(OC)cc1. The number of hydrogen-bond acceptors (Lipinski definition) is 2. The van der Waals surface area contributed by atoms with Gasteiger partial charge in [0.25, 0.3) is 0 Å². The smallest absolute Gasteiger partial charge is 0.246 e. The first-order chi connectivity index (χ1) is 7.17. The molecule has 1 N–H and O–H groups in total. The van der Waals surface area contributed by atoms with Crippen LogP contribution in [0.3, 0.4) is 0 Å². The molecule has 15 heavy (non-hydrogen) atoms. The Morgan fingerprint density at radius 3 is 2.40 bits per heavy atom. The molecule has 3 heteroatoms. The van der Waals surface area contributed by atoms with Crippen molar-refractivity contribution in [1.82, 2.24) is 5.32 Å². The summed E-state index contributed by atoms with van der Waals surface area (Å²) in [6.45, 7) is 1.78. The minimum Gasteiger partial charge on any atom is -0.497 e. The lowest BCUT2D eigenvalue weighted by Gasteiger charge is -2.01. The summed E-state index contributed by atoms with van der Waals surface area (Å²) in [5, 5.41) is 2.58. The number of benzene rings is 1. The number of hydrogen-bond donors (Lipinski definition) is 1. The molecular weight excluding hydrogens is 190 g/mol. The van der Waals surface area contributed by atoms with E-state index in [9.17, 15) is 4.79 Å². The lowest BCUT2D eigenvalue weighted by Crippen LogP contribution is -2.18. The summed E-state index contributed by atoms with van der Waals surface area (Å²) in [7, 11) is 3.24. The second-order valence-electron chi connectivity index (χ2n) is 3.18. The maximum atomic E-state index is 11.2. The molecule has 1 aromatic rings. The van der Waals surface area contributed by atoms with Gasteiger partial charge in [-0.25, -0.2) is 0 Å². The minimum atomic E-state index is -0.0641. The Hall–Kier alpha value is -1.77. The molecular formula is C12H15NO2. The fourth-order valence-corrected chi connectivity index (χ4v) is 1.21. The highest BCUT2D eigenvalue weighted by molar-refractivity contribution is 5.96.